The van der Waals surface area contributed by atoms with Gasteiger partial charge in [0.15, 0.2) is 5.69 Å². The third kappa shape index (κ3) is 6.09. The molecule has 0 saturated carbocycles. The molecular formula is C27H32FN3O5. The number of aliphatic carboxylic acids is 1. The summed E-state index contributed by atoms with van der Waals surface area (Å²) in [5, 5.41) is 27.2. The Morgan fingerprint density at radius 2 is 1.75 bits per heavy atom. The normalized spacial score (nSPS) is 14.1. The Balaban J connectivity index is 1.97. The highest BCUT2D eigenvalue weighted by molar-refractivity contribution is 5.93. The van der Waals surface area contributed by atoms with E-state index in [1.165, 1.54) is 24.3 Å². The van der Waals surface area contributed by atoms with E-state index in [4.69, 9.17) is 4.74 Å². The molecule has 1 aromatic heterocycles. The van der Waals surface area contributed by atoms with Gasteiger partial charge in [-0.25, -0.2) is 4.39 Å². The van der Waals surface area contributed by atoms with Crippen LogP contribution in [0.1, 0.15) is 61.8 Å². The van der Waals surface area contributed by atoms with Gasteiger partial charge in [0.1, 0.15) is 23.7 Å². The number of aryl methyl sites for hydroxylation is 1. The summed E-state index contributed by atoms with van der Waals surface area (Å²) >= 11 is 0. The zero-order chi connectivity index (χ0) is 26.7. The SMILES string of the molecule is Cc1ccccc1C(CC(=O)O)NC(=O)c1cc(OCC(C)(O)C(C)(C)C)n(-c2ccccc2F)n1. The molecular weight excluding hydrogens is 465 g/mol. The van der Waals surface area contributed by atoms with Crippen LogP contribution >= 0.6 is 0 Å². The molecule has 0 aliphatic rings. The molecule has 3 rings (SSSR count). The zero-order valence-electron chi connectivity index (χ0n) is 21.1. The minimum Gasteiger partial charge on any atom is -0.481 e. The van der Waals surface area contributed by atoms with Gasteiger partial charge in [0.25, 0.3) is 5.91 Å². The van der Waals surface area contributed by atoms with Crippen LogP contribution in [0.15, 0.2) is 54.6 Å². The van der Waals surface area contributed by atoms with Gasteiger partial charge in [-0.05, 0) is 42.5 Å². The lowest BCUT2D eigenvalue weighted by atomic mass is 9.78. The third-order valence-corrected chi connectivity index (χ3v) is 6.35. The van der Waals surface area contributed by atoms with Crippen LogP contribution in [0.3, 0.4) is 0 Å². The van der Waals surface area contributed by atoms with E-state index in [1.54, 1.807) is 25.1 Å². The van der Waals surface area contributed by atoms with Crippen molar-refractivity contribution in [2.24, 2.45) is 5.41 Å². The predicted octanol–water partition coefficient (Wildman–Crippen LogP) is 4.44. The lowest BCUT2D eigenvalue weighted by molar-refractivity contribution is -0.137. The van der Waals surface area contributed by atoms with Crippen molar-refractivity contribution in [1.82, 2.24) is 15.1 Å². The number of hydrogen-bond acceptors (Lipinski definition) is 5. The number of amides is 1. The lowest BCUT2D eigenvalue weighted by Crippen LogP contribution is -2.45. The zero-order valence-corrected chi connectivity index (χ0v) is 21.1. The Bertz CT molecular complexity index is 1250. The van der Waals surface area contributed by atoms with Gasteiger partial charge >= 0.3 is 5.97 Å². The molecule has 3 N–H and O–H groups in total. The third-order valence-electron chi connectivity index (χ3n) is 6.35. The van der Waals surface area contributed by atoms with Crippen molar-refractivity contribution in [3.05, 3.63) is 77.2 Å². The average molecular weight is 498 g/mol. The second kappa shape index (κ2) is 10.5. The van der Waals surface area contributed by atoms with Crippen LogP contribution in [-0.4, -0.2) is 44.1 Å². The summed E-state index contributed by atoms with van der Waals surface area (Å²) in [6.07, 6.45) is -0.331. The summed E-state index contributed by atoms with van der Waals surface area (Å²) in [4.78, 5) is 24.7. The number of carbonyl (C=O) groups excluding carboxylic acids is 1. The van der Waals surface area contributed by atoms with Crippen LogP contribution in [-0.2, 0) is 4.79 Å². The van der Waals surface area contributed by atoms with Crippen molar-refractivity contribution < 1.29 is 28.9 Å². The van der Waals surface area contributed by atoms with E-state index in [-0.39, 0.29) is 30.3 Å². The molecule has 2 atom stereocenters. The molecule has 36 heavy (non-hydrogen) atoms. The molecule has 3 aromatic rings. The second-order valence-corrected chi connectivity index (χ2v) is 10.0. The number of carboxylic acid groups (broad SMARTS) is 1. The van der Waals surface area contributed by atoms with Gasteiger partial charge in [0.05, 0.1) is 12.5 Å². The standard InChI is InChI=1S/C27H32FN3O5/c1-17-10-6-7-11-18(17)20(15-24(32)33)29-25(34)21-14-23(36-16-27(5,35)26(2,3)4)31(30-21)22-13-9-8-12-19(22)28/h6-14,20,35H,15-16H2,1-5H3,(H,29,34)(H,32,33). The van der Waals surface area contributed by atoms with Crippen LogP contribution in [0.5, 0.6) is 5.88 Å². The van der Waals surface area contributed by atoms with Gasteiger partial charge in [-0.3, -0.25) is 9.59 Å². The molecule has 0 fully saturated rings. The summed E-state index contributed by atoms with van der Waals surface area (Å²) < 4.78 is 21.6. The number of rotatable bonds is 9. The molecule has 0 saturated heterocycles. The number of aromatic nitrogens is 2. The topological polar surface area (TPSA) is 114 Å². The number of carboxylic acids is 1. The largest absolute Gasteiger partial charge is 0.481 e. The highest BCUT2D eigenvalue weighted by atomic mass is 19.1. The first-order chi connectivity index (χ1) is 16.8. The second-order valence-electron chi connectivity index (χ2n) is 10.0. The van der Waals surface area contributed by atoms with Crippen molar-refractivity contribution in [3.8, 4) is 11.6 Å². The molecule has 1 amide bonds. The molecule has 1 heterocycles. The number of nitrogens with one attached hydrogen (secondary N) is 1. The number of carbonyl (C=O) groups is 2. The Hall–Kier alpha value is -3.72. The molecule has 2 aromatic carbocycles. The summed E-state index contributed by atoms with van der Waals surface area (Å²) in [6.45, 7) is 8.90. The first-order valence-electron chi connectivity index (χ1n) is 11.6. The fraction of sp³-hybridized carbons (Fsp3) is 0.370. The lowest BCUT2D eigenvalue weighted by Gasteiger charge is -2.36. The Labute approximate surface area is 209 Å². The number of benzene rings is 2. The highest BCUT2D eigenvalue weighted by Crippen LogP contribution is 2.31. The number of ether oxygens (including phenoxy) is 1. The van der Waals surface area contributed by atoms with Crippen molar-refractivity contribution in [2.45, 2.75) is 52.7 Å². The number of halogens is 1. The summed E-state index contributed by atoms with van der Waals surface area (Å²) in [6, 6.07) is 13.6. The number of nitrogens with zero attached hydrogens (tertiary/aromatic N) is 2. The maximum absolute atomic E-state index is 14.6. The van der Waals surface area contributed by atoms with Crippen LogP contribution in [0, 0.1) is 18.2 Å². The van der Waals surface area contributed by atoms with Crippen molar-refractivity contribution in [2.75, 3.05) is 6.61 Å². The van der Waals surface area contributed by atoms with E-state index in [9.17, 15) is 24.2 Å². The van der Waals surface area contributed by atoms with Crippen LogP contribution < -0.4 is 10.1 Å². The maximum atomic E-state index is 14.6. The van der Waals surface area contributed by atoms with Crippen LogP contribution in [0.2, 0.25) is 0 Å². The predicted molar refractivity (Wildman–Crippen MR) is 133 cm³/mol. The number of para-hydroxylation sites is 1. The van der Waals surface area contributed by atoms with E-state index in [2.05, 4.69) is 10.4 Å². The summed E-state index contributed by atoms with van der Waals surface area (Å²) in [5.74, 6) is -2.25. The van der Waals surface area contributed by atoms with E-state index in [0.717, 1.165) is 10.2 Å². The van der Waals surface area contributed by atoms with Gasteiger partial charge in [0.2, 0.25) is 5.88 Å². The molecule has 2 unspecified atom stereocenters. The molecule has 0 aliphatic carbocycles. The van der Waals surface area contributed by atoms with Crippen molar-refractivity contribution >= 4 is 11.9 Å². The van der Waals surface area contributed by atoms with Crippen LogP contribution in [0.4, 0.5) is 4.39 Å². The number of hydrogen-bond donors (Lipinski definition) is 3. The van der Waals surface area contributed by atoms with Gasteiger partial charge in [-0.2, -0.15) is 9.78 Å². The average Bonchev–Trinajstić information content (AvgIpc) is 3.21. The van der Waals surface area contributed by atoms with Crippen LogP contribution in [0.25, 0.3) is 5.69 Å². The Kier molecular flexibility index (Phi) is 7.83. The maximum Gasteiger partial charge on any atom is 0.305 e. The Morgan fingerprint density at radius 3 is 2.36 bits per heavy atom. The Morgan fingerprint density at radius 1 is 1.11 bits per heavy atom. The molecule has 0 radical (unpaired) electrons. The minimum atomic E-state index is -1.24. The number of aliphatic hydroxyl groups is 1. The first-order valence-corrected chi connectivity index (χ1v) is 11.6. The molecule has 8 nitrogen and oxygen atoms in total. The molecule has 9 heteroatoms. The quantitative estimate of drug-likeness (QED) is 0.403. The molecule has 192 valence electrons. The summed E-state index contributed by atoms with van der Waals surface area (Å²) in [7, 11) is 0. The minimum absolute atomic E-state index is 0.0560. The van der Waals surface area contributed by atoms with Crippen molar-refractivity contribution in [1.29, 1.82) is 0 Å². The van der Waals surface area contributed by atoms with E-state index < -0.39 is 34.8 Å². The summed E-state index contributed by atoms with van der Waals surface area (Å²) in [5.41, 5.74) is -0.297. The fourth-order valence-electron chi connectivity index (χ4n) is 3.43. The van der Waals surface area contributed by atoms with E-state index >= 15 is 0 Å². The van der Waals surface area contributed by atoms with E-state index in [1.807, 2.05) is 39.8 Å². The first kappa shape index (κ1) is 26.9. The van der Waals surface area contributed by atoms with Crippen molar-refractivity contribution in [3.63, 3.8) is 0 Å². The molecule has 0 bridgehead atoms. The molecule has 0 aliphatic heterocycles. The molecule has 0 spiro atoms. The fourth-order valence-corrected chi connectivity index (χ4v) is 3.43. The smallest absolute Gasteiger partial charge is 0.305 e. The van der Waals surface area contributed by atoms with Gasteiger partial charge in [0, 0.05) is 6.07 Å². The monoisotopic (exact) mass is 497 g/mol. The van der Waals surface area contributed by atoms with Gasteiger partial charge in [-0.15, -0.1) is 0 Å². The van der Waals surface area contributed by atoms with Gasteiger partial charge in [-0.1, -0.05) is 57.2 Å². The highest BCUT2D eigenvalue weighted by Gasteiger charge is 2.36. The van der Waals surface area contributed by atoms with Gasteiger partial charge < -0.3 is 20.3 Å². The van der Waals surface area contributed by atoms with E-state index in [0.29, 0.717) is 5.56 Å².